The summed E-state index contributed by atoms with van der Waals surface area (Å²) in [5, 5.41) is 0. The Morgan fingerprint density at radius 3 is 1.86 bits per heavy atom. The SMILES string of the molecule is COc1ccc(-c2oc(-c3ccc(OC)cc3OC)c3[s+]csc23)c(OC)c1. The fourth-order valence-electron chi connectivity index (χ4n) is 3.06. The van der Waals surface area contributed by atoms with Gasteiger partial charge >= 0.3 is 0 Å². The van der Waals surface area contributed by atoms with Crippen LogP contribution in [0, 0.1) is 0 Å². The minimum absolute atomic E-state index is 0.696. The molecule has 4 rings (SSSR count). The van der Waals surface area contributed by atoms with Crippen LogP contribution >= 0.6 is 22.7 Å². The van der Waals surface area contributed by atoms with Crippen LogP contribution in [0.4, 0.5) is 0 Å². The van der Waals surface area contributed by atoms with Crippen molar-refractivity contribution in [2.24, 2.45) is 0 Å². The highest BCUT2D eigenvalue weighted by Gasteiger charge is 2.28. The van der Waals surface area contributed by atoms with Crippen molar-refractivity contribution in [2.45, 2.75) is 0 Å². The lowest BCUT2D eigenvalue weighted by Crippen LogP contribution is -1.90. The van der Waals surface area contributed by atoms with Gasteiger partial charge < -0.3 is 23.4 Å². The Kier molecular flexibility index (Phi) is 5.11. The molecule has 0 aliphatic carbocycles. The molecule has 7 heteroatoms. The average molecular weight is 416 g/mol. The summed E-state index contributed by atoms with van der Waals surface area (Å²) in [5.41, 5.74) is 1.75. The van der Waals surface area contributed by atoms with Crippen LogP contribution in [0.5, 0.6) is 23.0 Å². The molecular formula is C21H19O5S2+. The number of methoxy groups -OCH3 is 4. The summed E-state index contributed by atoms with van der Waals surface area (Å²) in [4.78, 5) is 0. The van der Waals surface area contributed by atoms with Crippen LogP contribution in [0.1, 0.15) is 0 Å². The van der Waals surface area contributed by atoms with Crippen molar-refractivity contribution < 1.29 is 23.4 Å². The topological polar surface area (TPSA) is 50.1 Å². The molecule has 0 aliphatic rings. The van der Waals surface area contributed by atoms with Crippen LogP contribution in [0.25, 0.3) is 32.0 Å². The molecule has 0 saturated heterocycles. The van der Waals surface area contributed by atoms with E-state index in [1.165, 1.54) is 0 Å². The molecule has 0 saturated carbocycles. The number of hydrogen-bond acceptors (Lipinski definition) is 6. The molecule has 0 aliphatic heterocycles. The molecule has 4 aromatic rings. The molecular weight excluding hydrogens is 396 g/mol. The van der Waals surface area contributed by atoms with E-state index in [2.05, 4.69) is 4.69 Å². The highest BCUT2D eigenvalue weighted by atomic mass is 32.2. The Bertz CT molecular complexity index is 1040. The summed E-state index contributed by atoms with van der Waals surface area (Å²) in [6.45, 7) is 0. The Labute approximate surface area is 170 Å². The molecule has 0 bridgehead atoms. The van der Waals surface area contributed by atoms with E-state index >= 15 is 0 Å². The molecule has 28 heavy (non-hydrogen) atoms. The van der Waals surface area contributed by atoms with Crippen molar-refractivity contribution in [1.29, 1.82) is 0 Å². The third kappa shape index (κ3) is 3.06. The normalized spacial score (nSPS) is 10.9. The van der Waals surface area contributed by atoms with Gasteiger partial charge in [-0.05, 0) is 24.3 Å². The van der Waals surface area contributed by atoms with Gasteiger partial charge in [0.2, 0.25) is 14.1 Å². The summed E-state index contributed by atoms with van der Waals surface area (Å²) in [6.07, 6.45) is 0. The molecule has 0 fully saturated rings. The second kappa shape index (κ2) is 7.69. The molecule has 144 valence electrons. The van der Waals surface area contributed by atoms with Crippen molar-refractivity contribution in [1.82, 2.24) is 0 Å². The van der Waals surface area contributed by atoms with Gasteiger partial charge in [-0.3, -0.25) is 0 Å². The third-order valence-electron chi connectivity index (χ3n) is 4.46. The third-order valence-corrected chi connectivity index (χ3v) is 6.61. The van der Waals surface area contributed by atoms with E-state index in [1.54, 1.807) is 51.1 Å². The predicted molar refractivity (Wildman–Crippen MR) is 113 cm³/mol. The Balaban J connectivity index is 1.93. The number of ether oxygens (including phenoxy) is 4. The average Bonchev–Trinajstić information content (AvgIpc) is 3.35. The number of furan rings is 1. The first-order valence-electron chi connectivity index (χ1n) is 8.46. The maximum absolute atomic E-state index is 6.39. The van der Waals surface area contributed by atoms with Gasteiger partial charge in [0.05, 0.1) is 62.2 Å². The van der Waals surface area contributed by atoms with E-state index < -0.39 is 0 Å². The van der Waals surface area contributed by atoms with Crippen LogP contribution < -0.4 is 18.9 Å². The molecule has 2 heterocycles. The Morgan fingerprint density at radius 2 is 1.32 bits per heavy atom. The van der Waals surface area contributed by atoms with E-state index in [0.717, 1.165) is 43.5 Å². The Morgan fingerprint density at radius 1 is 0.750 bits per heavy atom. The van der Waals surface area contributed by atoms with E-state index in [1.807, 2.05) is 36.4 Å². The quantitative estimate of drug-likeness (QED) is 0.351. The standard InChI is InChI=1S/C21H19O5S2/c1-22-12-5-7-14(16(9-12)24-3)18-20-21(28-11-27-20)19(26-18)15-8-6-13(23-2)10-17(15)25-4/h5-11H,1-4H3/q+1. The molecule has 0 amide bonds. The van der Waals surface area contributed by atoms with E-state index in [4.69, 9.17) is 23.4 Å². The Hall–Kier alpha value is -2.77. The van der Waals surface area contributed by atoms with Crippen molar-refractivity contribution >= 4 is 32.1 Å². The first kappa shape index (κ1) is 18.6. The molecule has 0 atom stereocenters. The molecule has 0 N–H and O–H groups in total. The number of rotatable bonds is 6. The van der Waals surface area contributed by atoms with Crippen molar-refractivity contribution in [3.05, 3.63) is 41.1 Å². The smallest absolute Gasteiger partial charge is 0.244 e. The molecule has 2 aromatic carbocycles. The van der Waals surface area contributed by atoms with Gasteiger partial charge in [0.15, 0.2) is 11.5 Å². The zero-order valence-corrected chi connectivity index (χ0v) is 17.5. The fourth-order valence-corrected chi connectivity index (χ4v) is 5.23. The van der Waals surface area contributed by atoms with E-state index in [0.29, 0.717) is 11.5 Å². The molecule has 5 nitrogen and oxygen atoms in total. The van der Waals surface area contributed by atoms with Gasteiger partial charge in [0.25, 0.3) is 0 Å². The van der Waals surface area contributed by atoms with Crippen molar-refractivity contribution in [2.75, 3.05) is 28.4 Å². The molecule has 2 aromatic heterocycles. The summed E-state index contributed by atoms with van der Waals surface area (Å²) in [7, 11) is 6.55. The summed E-state index contributed by atoms with van der Waals surface area (Å²) < 4.78 is 32.4. The van der Waals surface area contributed by atoms with Crippen molar-refractivity contribution in [3.8, 4) is 45.6 Å². The minimum atomic E-state index is 0.696. The lowest BCUT2D eigenvalue weighted by atomic mass is 10.1. The lowest BCUT2D eigenvalue weighted by molar-refractivity contribution is 0.394. The monoisotopic (exact) mass is 415 g/mol. The summed E-state index contributed by atoms with van der Waals surface area (Å²) in [6, 6.07) is 11.4. The van der Waals surface area contributed by atoms with Gasteiger partial charge in [-0.1, -0.05) is 0 Å². The van der Waals surface area contributed by atoms with Gasteiger partial charge in [-0.15, -0.1) is 0 Å². The fraction of sp³-hybridized carbons (Fsp3) is 0.190. The summed E-state index contributed by atoms with van der Waals surface area (Å²) in [5.74, 6) is 4.40. The highest BCUT2D eigenvalue weighted by Crippen LogP contribution is 2.49. The number of hydrogen-bond donors (Lipinski definition) is 0. The van der Waals surface area contributed by atoms with Crippen LogP contribution in [0.2, 0.25) is 0 Å². The molecule has 0 radical (unpaired) electrons. The number of fused-ring (bicyclic) bond motifs is 1. The first-order valence-corrected chi connectivity index (χ1v) is 10.2. The van der Waals surface area contributed by atoms with Crippen LogP contribution in [0.3, 0.4) is 0 Å². The second-order valence-electron chi connectivity index (χ2n) is 5.88. The van der Waals surface area contributed by atoms with Crippen LogP contribution in [-0.2, 0) is 0 Å². The minimum Gasteiger partial charge on any atom is -0.497 e. The second-order valence-corrected chi connectivity index (χ2v) is 7.94. The van der Waals surface area contributed by atoms with E-state index in [9.17, 15) is 0 Å². The maximum Gasteiger partial charge on any atom is 0.244 e. The van der Waals surface area contributed by atoms with Crippen LogP contribution in [-0.4, -0.2) is 28.4 Å². The van der Waals surface area contributed by atoms with Crippen molar-refractivity contribution in [3.63, 3.8) is 0 Å². The van der Waals surface area contributed by atoms with Crippen LogP contribution in [0.15, 0.2) is 45.5 Å². The molecule has 0 spiro atoms. The zero-order chi connectivity index (χ0) is 19.7. The van der Waals surface area contributed by atoms with E-state index in [-0.39, 0.29) is 0 Å². The first-order chi connectivity index (χ1) is 13.7. The maximum atomic E-state index is 6.39. The predicted octanol–water partition coefficient (Wildman–Crippen LogP) is 6.21. The zero-order valence-electron chi connectivity index (χ0n) is 15.9. The van der Waals surface area contributed by atoms with Gasteiger partial charge in [0, 0.05) is 12.1 Å². The number of benzene rings is 2. The summed E-state index contributed by atoms with van der Waals surface area (Å²) >= 11 is 3.29. The van der Waals surface area contributed by atoms with Gasteiger partial charge in [0.1, 0.15) is 23.0 Å². The van der Waals surface area contributed by atoms with Gasteiger partial charge in [-0.25, -0.2) is 0 Å². The highest BCUT2D eigenvalue weighted by molar-refractivity contribution is 7.36. The lowest BCUT2D eigenvalue weighted by Gasteiger charge is -2.09. The van der Waals surface area contributed by atoms with Gasteiger partial charge in [-0.2, -0.15) is 0 Å². The largest absolute Gasteiger partial charge is 0.497 e. The molecule has 0 unspecified atom stereocenters.